The number of pyridine rings is 2. The van der Waals surface area contributed by atoms with Gasteiger partial charge in [0.1, 0.15) is 23.3 Å². The molecule has 0 fully saturated rings. The number of imidazole rings is 1. The molecule has 2 aromatic carbocycles. The number of aliphatic hydroxyl groups is 1. The Morgan fingerprint density at radius 3 is 2.61 bits per heavy atom. The number of aliphatic hydroxyl groups excluding tert-OH is 1. The fourth-order valence-corrected chi connectivity index (χ4v) is 4.67. The van der Waals surface area contributed by atoms with Crippen LogP contribution in [0.5, 0.6) is 0 Å². The van der Waals surface area contributed by atoms with Gasteiger partial charge in [0.25, 0.3) is 0 Å². The van der Waals surface area contributed by atoms with Gasteiger partial charge in [-0.25, -0.2) is 9.37 Å². The van der Waals surface area contributed by atoms with Crippen molar-refractivity contribution in [2.75, 3.05) is 5.32 Å². The molecule has 6 rings (SSSR count). The van der Waals surface area contributed by atoms with E-state index in [9.17, 15) is 9.50 Å². The first-order chi connectivity index (χ1) is 18.5. The second kappa shape index (κ2) is 9.68. The lowest BCUT2D eigenvalue weighted by Gasteiger charge is -2.16. The Hall–Kier alpha value is -4.63. The maximum atomic E-state index is 14.5. The Balaban J connectivity index is 1.38. The van der Waals surface area contributed by atoms with Gasteiger partial charge in [-0.1, -0.05) is 38.1 Å². The minimum atomic E-state index is -0.646. The predicted octanol–water partition coefficient (Wildman–Crippen LogP) is 6.15. The Morgan fingerprint density at radius 1 is 0.921 bits per heavy atom. The Bertz CT molecular complexity index is 1760. The van der Waals surface area contributed by atoms with Crippen LogP contribution in [0.3, 0.4) is 0 Å². The first-order valence-electron chi connectivity index (χ1n) is 12.4. The van der Waals surface area contributed by atoms with E-state index in [0.29, 0.717) is 46.0 Å². The average Bonchev–Trinajstić information content (AvgIpc) is 3.52. The molecule has 6 aromatic rings. The van der Waals surface area contributed by atoms with Crippen molar-refractivity contribution < 1.29 is 9.50 Å². The van der Waals surface area contributed by atoms with Gasteiger partial charge in [0.05, 0.1) is 29.1 Å². The molecule has 0 spiro atoms. The number of aromatic nitrogens is 6. The van der Waals surface area contributed by atoms with Crippen LogP contribution in [-0.2, 0) is 0 Å². The summed E-state index contributed by atoms with van der Waals surface area (Å²) < 4.78 is 14.5. The SMILES string of the molecule is CC(C)CC(O)Nc1cncc(-c2ccc3[nH]nc(-c4nc5c(-c6ccccc6F)cncc5[nH]4)c3c2)c1. The molecule has 4 heterocycles. The third kappa shape index (κ3) is 4.48. The molecular weight excluding hydrogens is 481 g/mol. The lowest BCUT2D eigenvalue weighted by Crippen LogP contribution is -2.20. The third-order valence-electron chi connectivity index (χ3n) is 6.44. The first kappa shape index (κ1) is 23.7. The maximum Gasteiger partial charge on any atom is 0.159 e. The first-order valence-corrected chi connectivity index (χ1v) is 12.4. The Labute approximate surface area is 218 Å². The van der Waals surface area contributed by atoms with Crippen LogP contribution in [0.4, 0.5) is 10.1 Å². The van der Waals surface area contributed by atoms with E-state index in [2.05, 4.69) is 44.3 Å². The number of rotatable bonds is 7. The number of nitrogens with one attached hydrogen (secondary N) is 3. The van der Waals surface area contributed by atoms with Gasteiger partial charge in [-0.15, -0.1) is 0 Å². The van der Waals surface area contributed by atoms with Crippen molar-refractivity contribution in [2.45, 2.75) is 26.5 Å². The molecule has 38 heavy (non-hydrogen) atoms. The van der Waals surface area contributed by atoms with Crippen molar-refractivity contribution in [1.82, 2.24) is 30.1 Å². The van der Waals surface area contributed by atoms with Gasteiger partial charge in [-0.3, -0.25) is 15.1 Å². The summed E-state index contributed by atoms with van der Waals surface area (Å²) >= 11 is 0. The lowest BCUT2D eigenvalue weighted by atomic mass is 10.0. The molecule has 0 aliphatic carbocycles. The summed E-state index contributed by atoms with van der Waals surface area (Å²) in [6, 6.07) is 14.5. The molecule has 0 bridgehead atoms. The molecule has 9 heteroatoms. The molecule has 4 N–H and O–H groups in total. The normalized spacial score (nSPS) is 12.4. The standard InChI is InChI=1S/C29H26FN7O/c1-16(2)9-26(38)33-19-10-18(12-31-13-19)17-7-8-24-21(11-17)28(37-36-24)29-34-25-15-32-14-22(27(25)35-29)20-5-3-4-6-23(20)30/h3-8,10-16,26,33,38H,9H2,1-2H3,(H,34,35)(H,36,37). The number of hydrogen-bond acceptors (Lipinski definition) is 6. The summed E-state index contributed by atoms with van der Waals surface area (Å²) in [7, 11) is 0. The molecule has 190 valence electrons. The van der Waals surface area contributed by atoms with Crippen LogP contribution >= 0.6 is 0 Å². The fourth-order valence-electron chi connectivity index (χ4n) is 4.67. The van der Waals surface area contributed by atoms with E-state index in [0.717, 1.165) is 27.7 Å². The lowest BCUT2D eigenvalue weighted by molar-refractivity contribution is 0.176. The molecule has 0 saturated heterocycles. The van der Waals surface area contributed by atoms with Crippen molar-refractivity contribution in [3.8, 4) is 33.8 Å². The zero-order chi connectivity index (χ0) is 26.2. The van der Waals surface area contributed by atoms with Crippen LogP contribution in [0.15, 0.2) is 73.3 Å². The predicted molar refractivity (Wildman–Crippen MR) is 147 cm³/mol. The fraction of sp³-hybridized carbons (Fsp3) is 0.172. The summed E-state index contributed by atoms with van der Waals surface area (Å²) in [4.78, 5) is 16.7. The molecular formula is C29H26FN7O. The number of H-pyrrole nitrogens is 2. The molecule has 0 saturated carbocycles. The second-order valence-corrected chi connectivity index (χ2v) is 9.73. The minimum Gasteiger partial charge on any atom is -0.374 e. The van der Waals surface area contributed by atoms with Gasteiger partial charge in [-0.05, 0) is 42.2 Å². The summed E-state index contributed by atoms with van der Waals surface area (Å²) in [5.74, 6) is 0.593. The molecule has 1 unspecified atom stereocenters. The van der Waals surface area contributed by atoms with Crippen molar-refractivity contribution in [3.63, 3.8) is 0 Å². The van der Waals surface area contributed by atoms with E-state index in [1.165, 1.54) is 6.07 Å². The number of fused-ring (bicyclic) bond motifs is 2. The molecule has 0 aliphatic rings. The van der Waals surface area contributed by atoms with Crippen molar-refractivity contribution in [3.05, 3.63) is 79.1 Å². The van der Waals surface area contributed by atoms with E-state index < -0.39 is 6.23 Å². The van der Waals surface area contributed by atoms with Gasteiger partial charge in [0, 0.05) is 34.5 Å². The molecule has 0 radical (unpaired) electrons. The van der Waals surface area contributed by atoms with Crippen LogP contribution in [0.25, 0.3) is 55.7 Å². The van der Waals surface area contributed by atoms with E-state index >= 15 is 0 Å². The summed E-state index contributed by atoms with van der Waals surface area (Å²) in [5, 5.41) is 21.9. The van der Waals surface area contributed by atoms with Gasteiger partial charge in [-0.2, -0.15) is 5.10 Å². The molecule has 8 nitrogen and oxygen atoms in total. The topological polar surface area (TPSA) is 115 Å². The van der Waals surface area contributed by atoms with Gasteiger partial charge in [0.2, 0.25) is 0 Å². The van der Waals surface area contributed by atoms with Crippen molar-refractivity contribution in [1.29, 1.82) is 0 Å². The number of nitrogens with zero attached hydrogens (tertiary/aromatic N) is 4. The Morgan fingerprint density at radius 2 is 1.76 bits per heavy atom. The zero-order valence-corrected chi connectivity index (χ0v) is 20.9. The summed E-state index contributed by atoms with van der Waals surface area (Å²) in [6.45, 7) is 4.13. The molecule has 0 aliphatic heterocycles. The van der Waals surface area contributed by atoms with E-state index in [1.54, 1.807) is 43.0 Å². The molecule has 0 amide bonds. The largest absolute Gasteiger partial charge is 0.374 e. The van der Waals surface area contributed by atoms with Crippen LogP contribution in [-0.4, -0.2) is 41.5 Å². The number of anilines is 1. The van der Waals surface area contributed by atoms with Gasteiger partial charge >= 0.3 is 0 Å². The quantitative estimate of drug-likeness (QED) is 0.193. The summed E-state index contributed by atoms with van der Waals surface area (Å²) in [5.41, 5.74) is 6.45. The van der Waals surface area contributed by atoms with E-state index in [4.69, 9.17) is 4.98 Å². The van der Waals surface area contributed by atoms with Crippen LogP contribution < -0.4 is 5.32 Å². The maximum absolute atomic E-state index is 14.5. The van der Waals surface area contributed by atoms with Gasteiger partial charge < -0.3 is 15.4 Å². The average molecular weight is 508 g/mol. The highest BCUT2D eigenvalue weighted by molar-refractivity contribution is 5.98. The van der Waals surface area contributed by atoms with E-state index in [-0.39, 0.29) is 5.82 Å². The zero-order valence-electron chi connectivity index (χ0n) is 20.9. The number of benzene rings is 2. The monoisotopic (exact) mass is 507 g/mol. The highest BCUT2D eigenvalue weighted by Gasteiger charge is 2.17. The number of aromatic amines is 2. The second-order valence-electron chi connectivity index (χ2n) is 9.73. The van der Waals surface area contributed by atoms with Crippen molar-refractivity contribution in [2.24, 2.45) is 5.92 Å². The highest BCUT2D eigenvalue weighted by atomic mass is 19.1. The number of halogens is 1. The van der Waals surface area contributed by atoms with E-state index in [1.807, 2.05) is 24.3 Å². The molecule has 4 aromatic heterocycles. The Kier molecular flexibility index (Phi) is 6.05. The van der Waals surface area contributed by atoms with Crippen LogP contribution in [0.1, 0.15) is 20.3 Å². The number of hydrogen-bond donors (Lipinski definition) is 4. The molecule has 1 atom stereocenters. The highest BCUT2D eigenvalue weighted by Crippen LogP contribution is 2.33. The smallest absolute Gasteiger partial charge is 0.159 e. The van der Waals surface area contributed by atoms with Crippen molar-refractivity contribution >= 4 is 27.6 Å². The minimum absolute atomic E-state index is 0.330. The van der Waals surface area contributed by atoms with Crippen LogP contribution in [0, 0.1) is 11.7 Å². The van der Waals surface area contributed by atoms with Crippen LogP contribution in [0.2, 0.25) is 0 Å². The summed E-state index contributed by atoms with van der Waals surface area (Å²) in [6.07, 6.45) is 6.78. The third-order valence-corrected chi connectivity index (χ3v) is 6.44. The van der Waals surface area contributed by atoms with Gasteiger partial charge in [0.15, 0.2) is 5.82 Å².